The lowest BCUT2D eigenvalue weighted by Gasteiger charge is -2.28. The summed E-state index contributed by atoms with van der Waals surface area (Å²) in [6.07, 6.45) is -0.220. The normalized spacial score (nSPS) is 15.1. The van der Waals surface area contributed by atoms with Crippen LogP contribution in [-0.2, 0) is 20.9 Å². The highest BCUT2D eigenvalue weighted by Gasteiger charge is 2.44. The van der Waals surface area contributed by atoms with E-state index < -0.39 is 35.7 Å². The number of nitrogens with one attached hydrogen (secondary N) is 1. The lowest BCUT2D eigenvalue weighted by Crippen LogP contribution is -2.46. The number of para-hydroxylation sites is 1. The Morgan fingerprint density at radius 1 is 1.00 bits per heavy atom. The average Bonchev–Trinajstić information content (AvgIpc) is 3.17. The first-order valence-corrected chi connectivity index (χ1v) is 11.4. The molecule has 3 aromatic carbocycles. The van der Waals surface area contributed by atoms with E-state index in [4.69, 9.17) is 4.74 Å². The Labute approximate surface area is 207 Å². The van der Waals surface area contributed by atoms with Gasteiger partial charge >= 0.3 is 12.0 Å². The van der Waals surface area contributed by atoms with Gasteiger partial charge in [-0.1, -0.05) is 30.3 Å². The van der Waals surface area contributed by atoms with Gasteiger partial charge in [-0.25, -0.2) is 18.9 Å². The number of carbonyl (C=O) groups excluding carboxylic acids is 4. The smallest absolute Gasteiger partial charge is 0.338 e. The van der Waals surface area contributed by atoms with Gasteiger partial charge in [-0.05, 0) is 61.0 Å². The lowest BCUT2D eigenvalue weighted by molar-refractivity contribution is -0.122. The van der Waals surface area contributed by atoms with Crippen LogP contribution in [0.1, 0.15) is 29.3 Å². The third-order valence-corrected chi connectivity index (χ3v) is 5.69. The Morgan fingerprint density at radius 2 is 1.67 bits per heavy atom. The first-order valence-electron chi connectivity index (χ1n) is 11.4. The largest absolute Gasteiger partial charge is 0.462 e. The Kier molecular flexibility index (Phi) is 7.39. The highest BCUT2D eigenvalue weighted by atomic mass is 19.1. The monoisotopic (exact) mass is 489 g/mol. The molecular formula is C27H24FN3O5. The van der Waals surface area contributed by atoms with E-state index in [2.05, 4.69) is 5.32 Å². The number of imide groups is 1. The van der Waals surface area contributed by atoms with Gasteiger partial charge in [0.05, 0.1) is 24.3 Å². The fraction of sp³-hybridized carbons (Fsp3) is 0.185. The van der Waals surface area contributed by atoms with Crippen LogP contribution >= 0.6 is 0 Å². The lowest BCUT2D eigenvalue weighted by atomic mass is 10.1. The molecule has 0 aliphatic carbocycles. The predicted octanol–water partition coefficient (Wildman–Crippen LogP) is 4.37. The molecule has 184 valence electrons. The van der Waals surface area contributed by atoms with Crippen molar-refractivity contribution in [3.63, 3.8) is 0 Å². The number of amides is 4. The summed E-state index contributed by atoms with van der Waals surface area (Å²) < 4.78 is 18.4. The number of hydrogen-bond acceptors (Lipinski definition) is 5. The maximum absolute atomic E-state index is 13.4. The van der Waals surface area contributed by atoms with Crippen molar-refractivity contribution in [1.82, 2.24) is 4.90 Å². The Balaban J connectivity index is 1.59. The second-order valence-electron chi connectivity index (χ2n) is 8.11. The summed E-state index contributed by atoms with van der Waals surface area (Å²) in [7, 11) is 0. The van der Waals surface area contributed by atoms with E-state index in [1.165, 1.54) is 53.4 Å². The van der Waals surface area contributed by atoms with Gasteiger partial charge in [0.15, 0.2) is 0 Å². The van der Waals surface area contributed by atoms with Crippen LogP contribution in [-0.4, -0.2) is 41.4 Å². The van der Waals surface area contributed by atoms with Crippen LogP contribution < -0.4 is 10.2 Å². The van der Waals surface area contributed by atoms with Crippen molar-refractivity contribution in [3.05, 3.63) is 95.8 Å². The van der Waals surface area contributed by atoms with Crippen molar-refractivity contribution in [2.24, 2.45) is 0 Å². The fourth-order valence-electron chi connectivity index (χ4n) is 3.92. The van der Waals surface area contributed by atoms with E-state index in [0.717, 1.165) is 4.90 Å². The van der Waals surface area contributed by atoms with E-state index in [1.807, 2.05) is 0 Å². The second-order valence-corrected chi connectivity index (χ2v) is 8.11. The molecule has 1 heterocycles. The third-order valence-electron chi connectivity index (χ3n) is 5.69. The SMILES string of the molecule is CCOC(=O)c1ccc(N2C(=O)CC(N(Cc3ccc(F)cc3)C(=O)Nc3ccccc3)C2=O)cc1. The topological polar surface area (TPSA) is 96.0 Å². The molecule has 3 aromatic rings. The van der Waals surface area contributed by atoms with Crippen molar-refractivity contribution in [2.75, 3.05) is 16.8 Å². The first-order chi connectivity index (χ1) is 17.4. The number of hydrogen-bond donors (Lipinski definition) is 1. The maximum Gasteiger partial charge on any atom is 0.338 e. The summed E-state index contributed by atoms with van der Waals surface area (Å²) in [5.41, 5.74) is 1.69. The van der Waals surface area contributed by atoms with Crippen LogP contribution in [0.2, 0.25) is 0 Å². The van der Waals surface area contributed by atoms with Gasteiger partial charge in [-0.2, -0.15) is 0 Å². The molecule has 1 atom stereocenters. The molecule has 1 aliphatic rings. The van der Waals surface area contributed by atoms with Crippen LogP contribution in [0.15, 0.2) is 78.9 Å². The zero-order valence-electron chi connectivity index (χ0n) is 19.5. The molecule has 1 saturated heterocycles. The number of rotatable bonds is 7. The van der Waals surface area contributed by atoms with Crippen LogP contribution in [0, 0.1) is 5.82 Å². The summed E-state index contributed by atoms with van der Waals surface area (Å²) in [5, 5.41) is 2.75. The second kappa shape index (κ2) is 10.8. The van der Waals surface area contributed by atoms with E-state index >= 15 is 0 Å². The Morgan fingerprint density at radius 3 is 2.31 bits per heavy atom. The number of carbonyl (C=O) groups is 4. The molecule has 0 aromatic heterocycles. The van der Waals surface area contributed by atoms with Gasteiger partial charge < -0.3 is 15.0 Å². The van der Waals surface area contributed by atoms with Crippen LogP contribution in [0.5, 0.6) is 0 Å². The van der Waals surface area contributed by atoms with Gasteiger partial charge in [0.1, 0.15) is 11.9 Å². The quantitative estimate of drug-likeness (QED) is 0.393. The van der Waals surface area contributed by atoms with Crippen molar-refractivity contribution in [3.8, 4) is 0 Å². The number of benzene rings is 3. The molecule has 1 fully saturated rings. The highest BCUT2D eigenvalue weighted by Crippen LogP contribution is 2.28. The van der Waals surface area contributed by atoms with Crippen LogP contribution in [0.4, 0.5) is 20.6 Å². The van der Waals surface area contributed by atoms with Gasteiger partial charge in [0, 0.05) is 12.2 Å². The molecule has 36 heavy (non-hydrogen) atoms. The highest BCUT2D eigenvalue weighted by molar-refractivity contribution is 6.23. The van der Waals surface area contributed by atoms with Crippen molar-refractivity contribution >= 4 is 35.2 Å². The number of anilines is 2. The van der Waals surface area contributed by atoms with Crippen LogP contribution in [0.3, 0.4) is 0 Å². The standard InChI is InChI=1S/C27H24FN3O5/c1-2-36-26(34)19-10-14-22(15-11-19)31-24(32)16-23(25(31)33)30(17-18-8-12-20(28)13-9-18)27(35)29-21-6-4-3-5-7-21/h3-15,23H,2,16-17H2,1H3,(H,29,35). The minimum absolute atomic E-state index is 0.0156. The van der Waals surface area contributed by atoms with E-state index in [9.17, 15) is 23.6 Å². The summed E-state index contributed by atoms with van der Waals surface area (Å²) in [4.78, 5) is 53.8. The Bertz CT molecular complexity index is 1260. The van der Waals surface area contributed by atoms with Gasteiger partial charge in [0.2, 0.25) is 5.91 Å². The number of halogens is 1. The van der Waals surface area contributed by atoms with E-state index in [1.54, 1.807) is 37.3 Å². The summed E-state index contributed by atoms with van der Waals surface area (Å²) in [5.74, 6) is -1.99. The molecule has 1 N–H and O–H groups in total. The third kappa shape index (κ3) is 5.41. The van der Waals surface area contributed by atoms with Gasteiger partial charge in [-0.15, -0.1) is 0 Å². The predicted molar refractivity (Wildman–Crippen MR) is 131 cm³/mol. The minimum atomic E-state index is -1.07. The summed E-state index contributed by atoms with van der Waals surface area (Å²) in [6, 6.07) is 18.6. The van der Waals surface area contributed by atoms with Crippen molar-refractivity contribution < 1.29 is 28.3 Å². The van der Waals surface area contributed by atoms with E-state index in [-0.39, 0.29) is 30.8 Å². The first kappa shape index (κ1) is 24.6. The summed E-state index contributed by atoms with van der Waals surface area (Å²) >= 11 is 0. The molecule has 4 amide bonds. The van der Waals surface area contributed by atoms with Crippen molar-refractivity contribution in [2.45, 2.75) is 25.9 Å². The zero-order valence-corrected chi connectivity index (χ0v) is 19.5. The van der Waals surface area contributed by atoms with Gasteiger partial charge in [0.25, 0.3) is 5.91 Å². The number of urea groups is 1. The molecule has 4 rings (SSSR count). The minimum Gasteiger partial charge on any atom is -0.462 e. The molecule has 0 radical (unpaired) electrons. The Hall–Kier alpha value is -4.53. The number of nitrogens with zero attached hydrogens (tertiary/aromatic N) is 2. The molecule has 1 aliphatic heterocycles. The molecule has 1 unspecified atom stereocenters. The zero-order chi connectivity index (χ0) is 25.7. The summed E-state index contributed by atoms with van der Waals surface area (Å²) in [6.45, 7) is 1.90. The number of esters is 1. The van der Waals surface area contributed by atoms with Crippen LogP contribution in [0.25, 0.3) is 0 Å². The average molecular weight is 490 g/mol. The van der Waals surface area contributed by atoms with E-state index in [0.29, 0.717) is 11.3 Å². The fourth-order valence-corrected chi connectivity index (χ4v) is 3.92. The molecular weight excluding hydrogens is 465 g/mol. The molecule has 9 heteroatoms. The molecule has 0 spiro atoms. The molecule has 0 bridgehead atoms. The molecule has 8 nitrogen and oxygen atoms in total. The van der Waals surface area contributed by atoms with Crippen molar-refractivity contribution in [1.29, 1.82) is 0 Å². The number of ether oxygens (including phenoxy) is 1. The maximum atomic E-state index is 13.4. The molecule has 0 saturated carbocycles. The van der Waals surface area contributed by atoms with Gasteiger partial charge in [-0.3, -0.25) is 9.59 Å².